The summed E-state index contributed by atoms with van der Waals surface area (Å²) in [4.78, 5) is 25.8. The maximum absolute atomic E-state index is 14.4. The number of fused-ring (bicyclic) bond motifs is 1. The fourth-order valence-electron chi connectivity index (χ4n) is 4.36. The summed E-state index contributed by atoms with van der Waals surface area (Å²) in [6.07, 6.45) is 3.69. The van der Waals surface area contributed by atoms with Crippen molar-refractivity contribution in [3.8, 4) is 0 Å². The summed E-state index contributed by atoms with van der Waals surface area (Å²) in [6.45, 7) is 3.78. The third-order valence-electron chi connectivity index (χ3n) is 6.33. The lowest BCUT2D eigenvalue weighted by Crippen LogP contribution is -2.43. The molecule has 10 heteroatoms. The van der Waals surface area contributed by atoms with Gasteiger partial charge in [0.05, 0.1) is 27.4 Å². The van der Waals surface area contributed by atoms with Crippen molar-refractivity contribution < 1.29 is 13.6 Å². The molecule has 0 radical (unpaired) electrons. The maximum atomic E-state index is 14.4. The predicted molar refractivity (Wildman–Crippen MR) is 127 cm³/mol. The van der Waals surface area contributed by atoms with Gasteiger partial charge in [-0.25, -0.2) is 18.7 Å². The Morgan fingerprint density at radius 3 is 2.58 bits per heavy atom. The van der Waals surface area contributed by atoms with E-state index in [2.05, 4.69) is 25.5 Å². The van der Waals surface area contributed by atoms with Crippen molar-refractivity contribution in [2.75, 3.05) is 50.5 Å². The van der Waals surface area contributed by atoms with Gasteiger partial charge in [-0.05, 0) is 30.2 Å². The molecule has 33 heavy (non-hydrogen) atoms. The maximum Gasteiger partial charge on any atom is 0.263 e. The minimum atomic E-state index is -2.80. The van der Waals surface area contributed by atoms with E-state index in [9.17, 15) is 13.6 Å². The van der Waals surface area contributed by atoms with Crippen LogP contribution in [0.5, 0.6) is 0 Å². The number of amides is 1. The molecule has 7 nitrogen and oxygen atoms in total. The van der Waals surface area contributed by atoms with Crippen molar-refractivity contribution in [2.24, 2.45) is 0 Å². The van der Waals surface area contributed by atoms with Gasteiger partial charge >= 0.3 is 0 Å². The molecule has 1 saturated carbocycles. The van der Waals surface area contributed by atoms with Crippen molar-refractivity contribution >= 4 is 44.7 Å². The Hall–Kier alpha value is -2.85. The Bertz CT molecular complexity index is 1170. The van der Waals surface area contributed by atoms with Crippen LogP contribution in [0.15, 0.2) is 30.6 Å². The van der Waals surface area contributed by atoms with E-state index in [-0.39, 0.29) is 12.3 Å². The number of hydrogen-bond donors (Lipinski definition) is 2. The van der Waals surface area contributed by atoms with Gasteiger partial charge in [0.1, 0.15) is 11.6 Å². The number of pyridine rings is 2. The van der Waals surface area contributed by atoms with Crippen molar-refractivity contribution in [1.82, 2.24) is 20.2 Å². The second-order valence-electron chi connectivity index (χ2n) is 8.73. The van der Waals surface area contributed by atoms with E-state index in [0.717, 1.165) is 36.6 Å². The number of piperazine rings is 1. The van der Waals surface area contributed by atoms with E-state index in [4.69, 9.17) is 0 Å². The Morgan fingerprint density at radius 1 is 1.21 bits per heavy atom. The first-order valence-corrected chi connectivity index (χ1v) is 11.9. The van der Waals surface area contributed by atoms with Crippen LogP contribution in [-0.4, -0.2) is 67.0 Å². The van der Waals surface area contributed by atoms with Crippen LogP contribution in [0.2, 0.25) is 0 Å². The zero-order valence-electron chi connectivity index (χ0n) is 18.6. The van der Waals surface area contributed by atoms with E-state index in [0.29, 0.717) is 33.9 Å². The van der Waals surface area contributed by atoms with Gasteiger partial charge in [0, 0.05) is 58.3 Å². The summed E-state index contributed by atoms with van der Waals surface area (Å²) in [5.74, 6) is -2.87. The summed E-state index contributed by atoms with van der Waals surface area (Å²) >= 11 is 1.23. The number of aromatic nitrogens is 2. The monoisotopic (exact) mass is 472 g/mol. The standard InChI is InChI=1S/C23H26F2N6OS/c1-30(2)22(32)21-20(16-5-6-23(16,24)25)15-11-19(28-13-17(15)33-21)29-18-4-3-14(12-27-18)31-9-7-26-8-10-31/h3-4,11-13,16,26H,5-10H2,1-2H3,(H,27,28,29). The van der Waals surface area contributed by atoms with E-state index >= 15 is 0 Å². The molecule has 2 fully saturated rings. The second kappa shape index (κ2) is 8.49. The molecule has 2 N–H and O–H groups in total. The molecule has 0 spiro atoms. The molecule has 1 atom stereocenters. The van der Waals surface area contributed by atoms with Crippen molar-refractivity contribution in [3.63, 3.8) is 0 Å². The number of carbonyl (C=O) groups is 1. The molecule has 5 rings (SSSR count). The first-order valence-electron chi connectivity index (χ1n) is 11.0. The van der Waals surface area contributed by atoms with Crippen LogP contribution in [-0.2, 0) is 0 Å². The van der Waals surface area contributed by atoms with E-state index in [1.807, 2.05) is 18.3 Å². The predicted octanol–water partition coefficient (Wildman–Crippen LogP) is 4.06. The van der Waals surface area contributed by atoms with Crippen LogP contribution in [0, 0.1) is 0 Å². The number of anilines is 3. The Labute approximate surface area is 194 Å². The minimum absolute atomic E-state index is 0.149. The lowest BCUT2D eigenvalue weighted by atomic mass is 9.75. The van der Waals surface area contributed by atoms with Crippen LogP contribution in [0.4, 0.5) is 26.1 Å². The van der Waals surface area contributed by atoms with Gasteiger partial charge in [-0.15, -0.1) is 11.3 Å². The topological polar surface area (TPSA) is 73.4 Å². The van der Waals surface area contributed by atoms with Crippen molar-refractivity contribution in [3.05, 3.63) is 41.0 Å². The van der Waals surface area contributed by atoms with Gasteiger partial charge in [-0.3, -0.25) is 4.79 Å². The molecule has 3 aromatic rings. The van der Waals surface area contributed by atoms with Crippen LogP contribution in [0.1, 0.15) is 34.0 Å². The number of carbonyl (C=O) groups excluding carboxylic acids is 1. The molecular formula is C23H26F2N6OS. The van der Waals surface area contributed by atoms with Crippen LogP contribution in [0.3, 0.4) is 0 Å². The first kappa shape index (κ1) is 22.0. The number of alkyl halides is 2. The van der Waals surface area contributed by atoms with Gasteiger partial charge in [-0.1, -0.05) is 0 Å². The third-order valence-corrected chi connectivity index (χ3v) is 7.47. The molecule has 174 valence electrons. The van der Waals surface area contributed by atoms with Gasteiger partial charge in [0.25, 0.3) is 11.8 Å². The first-order chi connectivity index (χ1) is 15.8. The lowest BCUT2D eigenvalue weighted by molar-refractivity contribution is -0.0958. The number of thiophene rings is 1. The van der Waals surface area contributed by atoms with Crippen molar-refractivity contribution in [1.29, 1.82) is 0 Å². The number of nitrogens with one attached hydrogen (secondary N) is 2. The summed E-state index contributed by atoms with van der Waals surface area (Å²) in [5.41, 5.74) is 1.50. The van der Waals surface area contributed by atoms with E-state index < -0.39 is 11.8 Å². The summed E-state index contributed by atoms with van der Waals surface area (Å²) in [6, 6.07) is 5.66. The highest BCUT2D eigenvalue weighted by Crippen LogP contribution is 2.54. The zero-order chi connectivity index (χ0) is 23.2. The molecule has 1 unspecified atom stereocenters. The fourth-order valence-corrected chi connectivity index (χ4v) is 5.60. The van der Waals surface area contributed by atoms with Crippen LogP contribution >= 0.6 is 11.3 Å². The highest BCUT2D eigenvalue weighted by atomic mass is 32.1. The molecule has 1 aliphatic carbocycles. The zero-order valence-corrected chi connectivity index (χ0v) is 19.4. The molecule has 4 heterocycles. The molecule has 3 aromatic heterocycles. The molecule has 0 aromatic carbocycles. The lowest BCUT2D eigenvalue weighted by Gasteiger charge is -2.37. The highest BCUT2D eigenvalue weighted by Gasteiger charge is 2.51. The average Bonchev–Trinajstić information content (AvgIpc) is 3.17. The normalized spacial score (nSPS) is 19.9. The molecule has 0 bridgehead atoms. The van der Waals surface area contributed by atoms with E-state index in [1.54, 1.807) is 26.4 Å². The summed E-state index contributed by atoms with van der Waals surface area (Å²) in [7, 11) is 3.27. The van der Waals surface area contributed by atoms with Crippen molar-refractivity contribution in [2.45, 2.75) is 24.7 Å². The fraction of sp³-hybridized carbons (Fsp3) is 0.435. The van der Waals surface area contributed by atoms with Gasteiger partial charge in [0.15, 0.2) is 0 Å². The smallest absolute Gasteiger partial charge is 0.263 e. The second-order valence-corrected chi connectivity index (χ2v) is 9.78. The van der Waals surface area contributed by atoms with Gasteiger partial charge in [0.2, 0.25) is 0 Å². The number of rotatable bonds is 5. The Morgan fingerprint density at radius 2 is 1.97 bits per heavy atom. The SMILES string of the molecule is CN(C)C(=O)c1sc2cnc(Nc3ccc(N4CCNCC4)cn3)cc2c1C1CCC1(F)F. The summed E-state index contributed by atoms with van der Waals surface area (Å²) in [5, 5.41) is 7.17. The number of halogens is 2. The Kier molecular flexibility index (Phi) is 5.65. The molecule has 1 amide bonds. The molecule has 1 saturated heterocycles. The van der Waals surface area contributed by atoms with Crippen LogP contribution in [0.25, 0.3) is 10.1 Å². The minimum Gasteiger partial charge on any atom is -0.368 e. The third kappa shape index (κ3) is 4.13. The van der Waals surface area contributed by atoms with Gasteiger partial charge in [-0.2, -0.15) is 0 Å². The van der Waals surface area contributed by atoms with E-state index in [1.165, 1.54) is 16.2 Å². The highest BCUT2D eigenvalue weighted by molar-refractivity contribution is 7.21. The number of nitrogens with zero attached hydrogens (tertiary/aromatic N) is 4. The molecule has 1 aliphatic heterocycles. The van der Waals surface area contributed by atoms with Crippen LogP contribution < -0.4 is 15.5 Å². The molecular weight excluding hydrogens is 446 g/mol. The average molecular weight is 473 g/mol. The number of hydrogen-bond acceptors (Lipinski definition) is 7. The quantitative estimate of drug-likeness (QED) is 0.584. The molecule has 2 aliphatic rings. The summed E-state index contributed by atoms with van der Waals surface area (Å²) < 4.78 is 29.5. The Balaban J connectivity index is 1.45. The largest absolute Gasteiger partial charge is 0.368 e. The van der Waals surface area contributed by atoms with Gasteiger partial charge < -0.3 is 20.4 Å².